The molecule has 1 heterocycles. The van der Waals surface area contributed by atoms with E-state index in [0.717, 1.165) is 6.42 Å². The molecule has 0 aliphatic carbocycles. The Kier molecular flexibility index (Phi) is 4.09. The third-order valence-electron chi connectivity index (χ3n) is 2.27. The lowest BCUT2D eigenvalue weighted by Gasteiger charge is -2.10. The number of nitrogens with one attached hydrogen (secondary N) is 1. The molecule has 0 fully saturated rings. The molecule has 0 aliphatic rings. The minimum atomic E-state index is 0.0177. The Labute approximate surface area is 89.7 Å². The number of anilines is 1. The standard InChI is InChI=1S/C11H16N2O2/c1-4-8(2)11(14)13-9-5-6-12-10(7-9)15-3/h5-8H,4H2,1-3H3,(H,12,13,14). The lowest BCUT2D eigenvalue weighted by molar-refractivity contribution is -0.119. The Morgan fingerprint density at radius 3 is 3.00 bits per heavy atom. The van der Waals surface area contributed by atoms with Crippen LogP contribution in [0.25, 0.3) is 0 Å². The van der Waals surface area contributed by atoms with Gasteiger partial charge in [0.2, 0.25) is 11.8 Å². The van der Waals surface area contributed by atoms with Gasteiger partial charge in [-0.25, -0.2) is 4.98 Å². The summed E-state index contributed by atoms with van der Waals surface area (Å²) in [5.74, 6) is 0.534. The topological polar surface area (TPSA) is 51.2 Å². The van der Waals surface area contributed by atoms with Crippen LogP contribution in [-0.2, 0) is 4.79 Å². The maximum absolute atomic E-state index is 11.6. The Balaban J connectivity index is 2.68. The van der Waals surface area contributed by atoms with Crippen LogP contribution in [0.4, 0.5) is 5.69 Å². The second-order valence-corrected chi connectivity index (χ2v) is 3.39. The molecule has 1 aromatic heterocycles. The van der Waals surface area contributed by atoms with E-state index in [-0.39, 0.29) is 11.8 Å². The van der Waals surface area contributed by atoms with Crippen molar-refractivity contribution < 1.29 is 9.53 Å². The maximum Gasteiger partial charge on any atom is 0.227 e. The summed E-state index contributed by atoms with van der Waals surface area (Å²) in [6.45, 7) is 3.88. The number of hydrogen-bond donors (Lipinski definition) is 1. The summed E-state index contributed by atoms with van der Waals surface area (Å²) in [7, 11) is 1.54. The van der Waals surface area contributed by atoms with Crippen LogP contribution < -0.4 is 10.1 Å². The molecule has 82 valence electrons. The van der Waals surface area contributed by atoms with Crippen LogP contribution in [0.1, 0.15) is 20.3 Å². The van der Waals surface area contributed by atoms with E-state index in [4.69, 9.17) is 4.74 Å². The van der Waals surface area contributed by atoms with Gasteiger partial charge in [0.05, 0.1) is 7.11 Å². The van der Waals surface area contributed by atoms with Gasteiger partial charge in [0, 0.05) is 23.9 Å². The van der Waals surface area contributed by atoms with E-state index < -0.39 is 0 Å². The van der Waals surface area contributed by atoms with E-state index >= 15 is 0 Å². The molecule has 1 rings (SSSR count). The Bertz CT molecular complexity index is 339. The maximum atomic E-state index is 11.6. The molecule has 1 aromatic rings. The van der Waals surface area contributed by atoms with Crippen molar-refractivity contribution in [3.05, 3.63) is 18.3 Å². The highest BCUT2D eigenvalue weighted by Gasteiger charge is 2.10. The molecule has 1 atom stereocenters. The van der Waals surface area contributed by atoms with Gasteiger partial charge in [-0.1, -0.05) is 13.8 Å². The van der Waals surface area contributed by atoms with Crippen molar-refractivity contribution in [1.29, 1.82) is 0 Å². The molecule has 0 bridgehead atoms. The van der Waals surface area contributed by atoms with Crippen molar-refractivity contribution in [2.75, 3.05) is 12.4 Å². The van der Waals surface area contributed by atoms with E-state index in [9.17, 15) is 4.79 Å². The zero-order valence-electron chi connectivity index (χ0n) is 9.28. The van der Waals surface area contributed by atoms with Crippen molar-refractivity contribution in [2.24, 2.45) is 5.92 Å². The first-order valence-corrected chi connectivity index (χ1v) is 4.98. The minimum absolute atomic E-state index is 0.0177. The molecule has 0 aliphatic heterocycles. The summed E-state index contributed by atoms with van der Waals surface area (Å²) < 4.78 is 4.96. The number of ether oxygens (including phenoxy) is 1. The second kappa shape index (κ2) is 5.34. The van der Waals surface area contributed by atoms with Crippen LogP contribution >= 0.6 is 0 Å². The SMILES string of the molecule is CCC(C)C(=O)Nc1ccnc(OC)c1. The molecule has 15 heavy (non-hydrogen) atoms. The van der Waals surface area contributed by atoms with Crippen molar-refractivity contribution >= 4 is 11.6 Å². The average molecular weight is 208 g/mol. The predicted molar refractivity (Wildman–Crippen MR) is 58.9 cm³/mol. The summed E-state index contributed by atoms with van der Waals surface area (Å²) in [5, 5.41) is 2.81. The Morgan fingerprint density at radius 2 is 2.40 bits per heavy atom. The van der Waals surface area contributed by atoms with Crippen LogP contribution in [0.5, 0.6) is 5.88 Å². The lowest BCUT2D eigenvalue weighted by atomic mass is 10.1. The van der Waals surface area contributed by atoms with Gasteiger partial charge in [-0.05, 0) is 12.5 Å². The third-order valence-corrected chi connectivity index (χ3v) is 2.27. The molecule has 0 spiro atoms. The number of rotatable bonds is 4. The molecule has 0 radical (unpaired) electrons. The molecular weight excluding hydrogens is 192 g/mol. The quantitative estimate of drug-likeness (QED) is 0.824. The Morgan fingerprint density at radius 1 is 1.67 bits per heavy atom. The number of methoxy groups -OCH3 is 1. The zero-order chi connectivity index (χ0) is 11.3. The molecular formula is C11H16N2O2. The molecule has 4 heteroatoms. The third kappa shape index (κ3) is 3.23. The summed E-state index contributed by atoms with van der Waals surface area (Å²) in [5.41, 5.74) is 0.715. The van der Waals surface area contributed by atoms with Gasteiger partial charge in [0.15, 0.2) is 0 Å². The molecule has 4 nitrogen and oxygen atoms in total. The lowest BCUT2D eigenvalue weighted by Crippen LogP contribution is -2.19. The zero-order valence-corrected chi connectivity index (χ0v) is 9.28. The number of amides is 1. The molecule has 0 saturated heterocycles. The van der Waals surface area contributed by atoms with E-state index in [1.807, 2.05) is 13.8 Å². The van der Waals surface area contributed by atoms with Gasteiger partial charge >= 0.3 is 0 Å². The summed E-state index contributed by atoms with van der Waals surface area (Å²) in [6.07, 6.45) is 2.43. The highest BCUT2D eigenvalue weighted by molar-refractivity contribution is 5.92. The fourth-order valence-corrected chi connectivity index (χ4v) is 1.05. The van der Waals surface area contributed by atoms with Crippen molar-refractivity contribution in [2.45, 2.75) is 20.3 Å². The van der Waals surface area contributed by atoms with Gasteiger partial charge in [0.1, 0.15) is 0 Å². The van der Waals surface area contributed by atoms with Crippen molar-refractivity contribution in [3.63, 3.8) is 0 Å². The molecule has 1 N–H and O–H groups in total. The van der Waals surface area contributed by atoms with E-state index in [0.29, 0.717) is 11.6 Å². The first-order chi connectivity index (χ1) is 7.17. The van der Waals surface area contributed by atoms with Crippen LogP contribution in [-0.4, -0.2) is 18.0 Å². The molecule has 1 unspecified atom stereocenters. The van der Waals surface area contributed by atoms with Gasteiger partial charge in [-0.3, -0.25) is 4.79 Å². The number of carbonyl (C=O) groups is 1. The van der Waals surface area contributed by atoms with Crippen LogP contribution in [0.2, 0.25) is 0 Å². The van der Waals surface area contributed by atoms with Crippen molar-refractivity contribution in [1.82, 2.24) is 4.98 Å². The van der Waals surface area contributed by atoms with E-state index in [2.05, 4.69) is 10.3 Å². The molecule has 0 saturated carbocycles. The highest BCUT2D eigenvalue weighted by Crippen LogP contribution is 2.14. The van der Waals surface area contributed by atoms with Gasteiger partial charge < -0.3 is 10.1 Å². The summed E-state index contributed by atoms with van der Waals surface area (Å²) >= 11 is 0. The molecule has 0 aromatic carbocycles. The number of pyridine rings is 1. The van der Waals surface area contributed by atoms with Gasteiger partial charge in [-0.15, -0.1) is 0 Å². The summed E-state index contributed by atoms with van der Waals surface area (Å²) in [6, 6.07) is 3.43. The number of aromatic nitrogens is 1. The molecule has 1 amide bonds. The predicted octanol–water partition coefficient (Wildman–Crippen LogP) is 2.07. The van der Waals surface area contributed by atoms with Gasteiger partial charge in [-0.2, -0.15) is 0 Å². The number of hydrogen-bond acceptors (Lipinski definition) is 3. The second-order valence-electron chi connectivity index (χ2n) is 3.39. The van der Waals surface area contributed by atoms with E-state index in [1.165, 1.54) is 0 Å². The van der Waals surface area contributed by atoms with E-state index in [1.54, 1.807) is 25.4 Å². The smallest absolute Gasteiger partial charge is 0.227 e. The van der Waals surface area contributed by atoms with Crippen LogP contribution in [0.3, 0.4) is 0 Å². The first-order valence-electron chi connectivity index (χ1n) is 4.98. The van der Waals surface area contributed by atoms with Crippen LogP contribution in [0, 0.1) is 5.92 Å². The number of carbonyl (C=O) groups excluding carboxylic acids is 1. The largest absolute Gasteiger partial charge is 0.481 e. The fraction of sp³-hybridized carbons (Fsp3) is 0.455. The normalized spacial score (nSPS) is 11.9. The monoisotopic (exact) mass is 208 g/mol. The average Bonchev–Trinajstić information content (AvgIpc) is 2.28. The van der Waals surface area contributed by atoms with Gasteiger partial charge in [0.25, 0.3) is 0 Å². The van der Waals surface area contributed by atoms with Crippen molar-refractivity contribution in [3.8, 4) is 5.88 Å². The minimum Gasteiger partial charge on any atom is -0.481 e. The Hall–Kier alpha value is -1.58. The fourth-order valence-electron chi connectivity index (χ4n) is 1.05. The first kappa shape index (κ1) is 11.5. The summed E-state index contributed by atoms with van der Waals surface area (Å²) in [4.78, 5) is 15.5. The van der Waals surface area contributed by atoms with Crippen LogP contribution in [0.15, 0.2) is 18.3 Å². The highest BCUT2D eigenvalue weighted by atomic mass is 16.5. The number of nitrogens with zero attached hydrogens (tertiary/aromatic N) is 1.